The van der Waals surface area contributed by atoms with Gasteiger partial charge in [-0.05, 0) is 18.6 Å². The molecule has 6 heteroatoms. The Balaban J connectivity index is 0.000000941. The van der Waals surface area contributed by atoms with Gasteiger partial charge < -0.3 is 10.5 Å². The van der Waals surface area contributed by atoms with Crippen LogP contribution >= 0.6 is 11.6 Å². The van der Waals surface area contributed by atoms with Gasteiger partial charge in [0.2, 0.25) is 0 Å². The van der Waals surface area contributed by atoms with Gasteiger partial charge in [0.25, 0.3) is 11.0 Å². The molecule has 0 aliphatic carbocycles. The maximum absolute atomic E-state index is 11.6. The first kappa shape index (κ1) is 25.4. The third-order valence-electron chi connectivity index (χ3n) is 4.15. The van der Waals surface area contributed by atoms with Gasteiger partial charge in [0.05, 0.1) is 0 Å². The highest BCUT2D eigenvalue weighted by atomic mass is 35.5. The molecule has 1 amide bonds. The van der Waals surface area contributed by atoms with Crippen molar-refractivity contribution < 1.29 is 14.3 Å². The summed E-state index contributed by atoms with van der Waals surface area (Å²) >= 11 is 5.86. The number of hydrogen-bond acceptors (Lipinski definition) is 4. The van der Waals surface area contributed by atoms with Crippen LogP contribution in [-0.4, -0.2) is 21.9 Å². The first-order chi connectivity index (χ1) is 13.0. The molecule has 0 aliphatic heterocycles. The predicted octanol–water partition coefficient (Wildman–Crippen LogP) is 5.36. The van der Waals surface area contributed by atoms with Crippen molar-refractivity contribution in [1.82, 2.24) is 4.98 Å². The van der Waals surface area contributed by atoms with Crippen molar-refractivity contribution in [3.63, 3.8) is 0 Å². The van der Waals surface area contributed by atoms with Crippen LogP contribution in [-0.2, 0) is 14.3 Å². The lowest BCUT2D eigenvalue weighted by atomic mass is 10.1. The van der Waals surface area contributed by atoms with Crippen LogP contribution in [0.5, 0.6) is 0 Å². The Hall–Kier alpha value is -1.62. The quantitative estimate of drug-likeness (QED) is 0.275. The van der Waals surface area contributed by atoms with Gasteiger partial charge in [0.1, 0.15) is 0 Å². The Bertz CT molecular complexity index is 473. The largest absolute Gasteiger partial charge is 0.433 e. The molecule has 2 N–H and O–H groups in total. The molecule has 0 radical (unpaired) electrons. The number of carbonyl (C=O) groups is 2. The molecule has 1 aromatic heterocycles. The van der Waals surface area contributed by atoms with Crippen LogP contribution in [0, 0.1) is 0 Å². The fourth-order valence-electron chi connectivity index (χ4n) is 2.42. The fourth-order valence-corrected chi connectivity index (χ4v) is 2.51. The number of nitrogens with zero attached hydrogens (tertiary/aromatic N) is 1. The number of halogens is 1. The van der Waals surface area contributed by atoms with E-state index in [0.29, 0.717) is 0 Å². The molecule has 27 heavy (non-hydrogen) atoms. The first-order valence-electron chi connectivity index (χ1n) is 10.0. The van der Waals surface area contributed by atoms with Gasteiger partial charge in [-0.15, -0.1) is 0 Å². The zero-order chi connectivity index (χ0) is 20.4. The summed E-state index contributed by atoms with van der Waals surface area (Å²) in [5, 5.41) is -1.68. The first-order valence-corrected chi connectivity index (χ1v) is 10.4. The summed E-state index contributed by atoms with van der Waals surface area (Å²) in [5.41, 5.74) is 5.13. The smallest absolute Gasteiger partial charge is 0.307 e. The monoisotopic (exact) mass is 398 g/mol. The number of ether oxygens (including phenoxy) is 1. The van der Waals surface area contributed by atoms with Crippen molar-refractivity contribution >= 4 is 23.5 Å². The Morgan fingerprint density at radius 3 is 1.81 bits per heavy atom. The highest BCUT2D eigenvalue weighted by Gasteiger charge is 2.36. The number of aromatic nitrogens is 1. The maximum Gasteiger partial charge on any atom is 0.307 e. The summed E-state index contributed by atoms with van der Waals surface area (Å²) in [6.07, 6.45) is 14.6. The van der Waals surface area contributed by atoms with E-state index in [0.717, 1.165) is 19.3 Å². The van der Waals surface area contributed by atoms with E-state index in [4.69, 9.17) is 22.1 Å². The van der Waals surface area contributed by atoms with Crippen LogP contribution in [0.25, 0.3) is 0 Å². The molecule has 1 atom stereocenters. The van der Waals surface area contributed by atoms with Gasteiger partial charge in [-0.25, -0.2) is 0 Å². The standard InChI is InChI=1S/C16H30ClNO3.C5H5N/c1-3-5-6-7-8-9-10-11-12-13-14(19)21-16(17,4-2)15(18)20;1-2-4-6-5-3-1/h3-13H2,1-2H3,(H2,18,20);1-5H. The zero-order valence-corrected chi connectivity index (χ0v) is 17.5. The van der Waals surface area contributed by atoms with Crippen LogP contribution in [0.4, 0.5) is 0 Å². The minimum Gasteiger partial charge on any atom is -0.433 e. The van der Waals surface area contributed by atoms with Crippen molar-refractivity contribution in [3.8, 4) is 0 Å². The van der Waals surface area contributed by atoms with Crippen molar-refractivity contribution in [2.75, 3.05) is 0 Å². The number of carbonyl (C=O) groups excluding carboxylic acids is 2. The zero-order valence-electron chi connectivity index (χ0n) is 16.8. The number of rotatable bonds is 13. The molecule has 5 nitrogen and oxygen atoms in total. The van der Waals surface area contributed by atoms with E-state index >= 15 is 0 Å². The Morgan fingerprint density at radius 2 is 1.44 bits per heavy atom. The second-order valence-electron chi connectivity index (χ2n) is 6.52. The number of hydrogen-bond donors (Lipinski definition) is 1. The predicted molar refractivity (Wildman–Crippen MR) is 110 cm³/mol. The van der Waals surface area contributed by atoms with E-state index in [1.54, 1.807) is 19.3 Å². The molecule has 0 aromatic carbocycles. The third-order valence-corrected chi connectivity index (χ3v) is 4.68. The molecule has 1 heterocycles. The van der Waals surface area contributed by atoms with E-state index in [-0.39, 0.29) is 12.8 Å². The minimum atomic E-state index is -1.68. The van der Waals surface area contributed by atoms with Gasteiger partial charge in [-0.3, -0.25) is 14.6 Å². The number of amides is 1. The molecular weight excluding hydrogens is 364 g/mol. The summed E-state index contributed by atoms with van der Waals surface area (Å²) < 4.78 is 4.97. The lowest BCUT2D eigenvalue weighted by Crippen LogP contribution is -2.42. The normalized spacial score (nSPS) is 12.4. The molecule has 0 fully saturated rings. The van der Waals surface area contributed by atoms with E-state index in [2.05, 4.69) is 11.9 Å². The summed E-state index contributed by atoms with van der Waals surface area (Å²) in [6, 6.07) is 5.72. The van der Waals surface area contributed by atoms with E-state index in [1.807, 2.05) is 18.2 Å². The highest BCUT2D eigenvalue weighted by molar-refractivity contribution is 6.33. The minimum absolute atomic E-state index is 0.174. The average Bonchev–Trinajstić information content (AvgIpc) is 2.68. The van der Waals surface area contributed by atoms with Gasteiger partial charge >= 0.3 is 5.97 Å². The Morgan fingerprint density at radius 1 is 0.926 bits per heavy atom. The summed E-state index contributed by atoms with van der Waals surface area (Å²) in [4.78, 5) is 26.5. The van der Waals surface area contributed by atoms with Crippen LogP contribution in [0.3, 0.4) is 0 Å². The van der Waals surface area contributed by atoms with Crippen LogP contribution < -0.4 is 5.73 Å². The molecule has 0 bridgehead atoms. The van der Waals surface area contributed by atoms with Gasteiger partial charge in [-0.1, -0.05) is 82.9 Å². The number of pyridine rings is 1. The molecule has 0 saturated heterocycles. The average molecular weight is 399 g/mol. The second kappa shape index (κ2) is 16.5. The van der Waals surface area contributed by atoms with E-state index in [9.17, 15) is 9.59 Å². The molecular formula is C21H35ClN2O3. The van der Waals surface area contributed by atoms with Crippen molar-refractivity contribution in [3.05, 3.63) is 30.6 Å². The lowest BCUT2D eigenvalue weighted by molar-refractivity contribution is -0.159. The molecule has 0 aliphatic rings. The van der Waals surface area contributed by atoms with Gasteiger partial charge in [0, 0.05) is 25.2 Å². The topological polar surface area (TPSA) is 82.3 Å². The van der Waals surface area contributed by atoms with Crippen molar-refractivity contribution in [1.29, 1.82) is 0 Å². The molecule has 1 unspecified atom stereocenters. The molecule has 1 rings (SSSR count). The van der Waals surface area contributed by atoms with E-state index < -0.39 is 16.9 Å². The van der Waals surface area contributed by atoms with Crippen LogP contribution in [0.15, 0.2) is 30.6 Å². The highest BCUT2D eigenvalue weighted by Crippen LogP contribution is 2.22. The van der Waals surface area contributed by atoms with Gasteiger partial charge in [0.15, 0.2) is 0 Å². The molecule has 0 spiro atoms. The lowest BCUT2D eigenvalue weighted by Gasteiger charge is -2.21. The number of nitrogens with two attached hydrogens (primary N) is 1. The van der Waals surface area contributed by atoms with Crippen molar-refractivity contribution in [2.45, 2.75) is 89.5 Å². The molecule has 154 valence electrons. The summed E-state index contributed by atoms with van der Waals surface area (Å²) in [6.45, 7) is 3.87. The molecule has 0 saturated carbocycles. The summed E-state index contributed by atoms with van der Waals surface area (Å²) in [7, 11) is 0. The number of alkyl halides is 1. The number of primary amides is 1. The van der Waals surface area contributed by atoms with Gasteiger partial charge in [-0.2, -0.15) is 0 Å². The van der Waals surface area contributed by atoms with Crippen LogP contribution in [0.2, 0.25) is 0 Å². The maximum atomic E-state index is 11.6. The summed E-state index contributed by atoms with van der Waals surface area (Å²) in [5.74, 6) is -1.26. The fraction of sp³-hybridized carbons (Fsp3) is 0.667. The van der Waals surface area contributed by atoms with E-state index in [1.165, 1.54) is 38.5 Å². The van der Waals surface area contributed by atoms with Crippen molar-refractivity contribution in [2.24, 2.45) is 5.73 Å². The molecule has 1 aromatic rings. The second-order valence-corrected chi connectivity index (χ2v) is 7.13. The Labute approximate surface area is 169 Å². The SMILES string of the molecule is CCCCCCCCCCCC(=O)OC(Cl)(CC)C(N)=O.c1ccncc1. The Kier molecular flexibility index (Phi) is 15.6. The number of esters is 1. The number of unbranched alkanes of at least 4 members (excludes halogenated alkanes) is 8. The van der Waals surface area contributed by atoms with Crippen LogP contribution in [0.1, 0.15) is 84.5 Å². The third kappa shape index (κ3) is 14.1.